The molecule has 1 atom stereocenters. The van der Waals surface area contributed by atoms with Crippen molar-refractivity contribution in [1.82, 2.24) is 19.5 Å². The lowest BCUT2D eigenvalue weighted by molar-refractivity contribution is 0.208. The van der Waals surface area contributed by atoms with Crippen molar-refractivity contribution >= 4 is 11.6 Å². The van der Waals surface area contributed by atoms with Gasteiger partial charge >= 0.3 is 0 Å². The number of piperidine rings is 1. The Hall–Kier alpha value is -2.93. The van der Waals surface area contributed by atoms with Gasteiger partial charge < -0.3 is 19.9 Å². The van der Waals surface area contributed by atoms with Crippen LogP contribution in [0.2, 0.25) is 0 Å². The van der Waals surface area contributed by atoms with E-state index in [1.54, 1.807) is 18.9 Å². The molecule has 1 fully saturated rings. The van der Waals surface area contributed by atoms with E-state index >= 15 is 0 Å². The highest BCUT2D eigenvalue weighted by Crippen LogP contribution is 2.22. The second kappa shape index (κ2) is 8.18. The molecule has 2 aromatic heterocycles. The Balaban J connectivity index is 1.38. The third-order valence-corrected chi connectivity index (χ3v) is 4.97. The number of benzene rings is 1. The zero-order valence-corrected chi connectivity index (χ0v) is 15.2. The Morgan fingerprint density at radius 1 is 1.19 bits per heavy atom. The first kappa shape index (κ1) is 17.5. The molecule has 7 heteroatoms. The van der Waals surface area contributed by atoms with Crippen LogP contribution in [-0.4, -0.2) is 44.3 Å². The normalized spacial score (nSPS) is 17.1. The summed E-state index contributed by atoms with van der Waals surface area (Å²) in [6, 6.07) is 10.3. The summed E-state index contributed by atoms with van der Waals surface area (Å²) in [6.45, 7) is 2.76. The van der Waals surface area contributed by atoms with Crippen molar-refractivity contribution in [2.75, 3.05) is 29.9 Å². The van der Waals surface area contributed by atoms with Crippen molar-refractivity contribution in [2.24, 2.45) is 5.92 Å². The summed E-state index contributed by atoms with van der Waals surface area (Å²) in [5.74, 6) is 2.06. The monoisotopic (exact) mass is 364 g/mol. The van der Waals surface area contributed by atoms with Crippen LogP contribution in [0.5, 0.6) is 0 Å². The summed E-state index contributed by atoms with van der Waals surface area (Å²) >= 11 is 0. The molecule has 3 heterocycles. The predicted molar refractivity (Wildman–Crippen MR) is 105 cm³/mol. The molecular weight excluding hydrogens is 340 g/mol. The number of imidazole rings is 1. The van der Waals surface area contributed by atoms with Crippen molar-refractivity contribution in [2.45, 2.75) is 19.4 Å². The summed E-state index contributed by atoms with van der Waals surface area (Å²) in [6.07, 6.45) is 9.25. The van der Waals surface area contributed by atoms with Gasteiger partial charge in [-0.15, -0.1) is 0 Å². The average molecular weight is 364 g/mol. The van der Waals surface area contributed by atoms with E-state index in [0.29, 0.717) is 12.5 Å². The molecule has 0 radical (unpaired) electrons. The fourth-order valence-electron chi connectivity index (χ4n) is 3.43. The Kier molecular flexibility index (Phi) is 5.29. The number of nitrogens with one attached hydrogen (secondary N) is 1. The van der Waals surface area contributed by atoms with Crippen LogP contribution < -0.4 is 10.2 Å². The van der Waals surface area contributed by atoms with Crippen molar-refractivity contribution in [3.8, 4) is 5.69 Å². The van der Waals surface area contributed by atoms with Gasteiger partial charge in [-0.1, -0.05) is 12.1 Å². The van der Waals surface area contributed by atoms with E-state index in [1.807, 2.05) is 16.8 Å². The van der Waals surface area contributed by atoms with Gasteiger partial charge in [0.2, 0.25) is 0 Å². The highest BCUT2D eigenvalue weighted by Gasteiger charge is 2.20. The standard InChI is InChI=1S/C20H24N6O/c27-13-17-2-1-8-25(12-17)20-10-19(23-14-24-20)22-11-16-3-5-18(6-4-16)26-9-7-21-15-26/h3-7,9-10,14-15,17,27H,1-2,8,11-13H2,(H,22,23,24). The summed E-state index contributed by atoms with van der Waals surface area (Å²) < 4.78 is 1.98. The lowest BCUT2D eigenvalue weighted by Crippen LogP contribution is -2.37. The molecule has 1 aliphatic rings. The van der Waals surface area contributed by atoms with Crippen LogP contribution in [0.4, 0.5) is 11.6 Å². The number of anilines is 2. The summed E-state index contributed by atoms with van der Waals surface area (Å²) in [5, 5.41) is 12.8. The number of aliphatic hydroxyl groups is 1. The first-order chi connectivity index (χ1) is 13.3. The van der Waals surface area contributed by atoms with E-state index in [-0.39, 0.29) is 6.61 Å². The smallest absolute Gasteiger partial charge is 0.134 e. The van der Waals surface area contributed by atoms with Crippen LogP contribution in [0.1, 0.15) is 18.4 Å². The van der Waals surface area contributed by atoms with Crippen molar-refractivity contribution in [3.05, 3.63) is 60.9 Å². The lowest BCUT2D eigenvalue weighted by Gasteiger charge is -2.32. The number of aromatic nitrogens is 4. The fourth-order valence-corrected chi connectivity index (χ4v) is 3.43. The van der Waals surface area contributed by atoms with Crippen molar-refractivity contribution in [3.63, 3.8) is 0 Å². The topological polar surface area (TPSA) is 79.1 Å². The fraction of sp³-hybridized carbons (Fsp3) is 0.350. The summed E-state index contributed by atoms with van der Waals surface area (Å²) in [4.78, 5) is 15.1. The lowest BCUT2D eigenvalue weighted by atomic mass is 9.99. The minimum absolute atomic E-state index is 0.238. The van der Waals surface area contributed by atoms with Crippen molar-refractivity contribution < 1.29 is 5.11 Å². The first-order valence-electron chi connectivity index (χ1n) is 9.31. The maximum atomic E-state index is 9.42. The molecule has 4 rings (SSSR count). The van der Waals surface area contributed by atoms with Crippen molar-refractivity contribution in [1.29, 1.82) is 0 Å². The SMILES string of the molecule is OCC1CCCN(c2cc(NCc3ccc(-n4ccnc4)cc3)ncn2)C1. The molecule has 0 amide bonds. The van der Waals surface area contributed by atoms with Crippen LogP contribution in [0.25, 0.3) is 5.69 Å². The van der Waals surface area contributed by atoms with Gasteiger partial charge in [0, 0.05) is 50.4 Å². The molecule has 0 saturated carbocycles. The second-order valence-electron chi connectivity index (χ2n) is 6.89. The van der Waals surface area contributed by atoms with Gasteiger partial charge in [0.05, 0.1) is 6.33 Å². The Bertz CT molecular complexity index is 849. The Morgan fingerprint density at radius 3 is 2.85 bits per heavy atom. The van der Waals surface area contributed by atoms with Crippen LogP contribution in [0, 0.1) is 5.92 Å². The molecule has 0 spiro atoms. The van der Waals surface area contributed by atoms with E-state index in [2.05, 4.69) is 49.4 Å². The van der Waals surface area contributed by atoms with E-state index in [0.717, 1.165) is 43.3 Å². The van der Waals surface area contributed by atoms with E-state index < -0.39 is 0 Å². The molecule has 3 aromatic rings. The molecule has 0 aliphatic carbocycles. The zero-order chi connectivity index (χ0) is 18.5. The van der Waals surface area contributed by atoms with Gasteiger partial charge in [-0.3, -0.25) is 0 Å². The maximum absolute atomic E-state index is 9.42. The second-order valence-corrected chi connectivity index (χ2v) is 6.89. The minimum Gasteiger partial charge on any atom is -0.396 e. The van der Waals surface area contributed by atoms with E-state index in [4.69, 9.17) is 0 Å². The van der Waals surface area contributed by atoms with Crippen LogP contribution in [-0.2, 0) is 6.54 Å². The molecule has 1 aliphatic heterocycles. The molecule has 1 aromatic carbocycles. The molecule has 1 saturated heterocycles. The number of rotatable bonds is 6. The molecule has 27 heavy (non-hydrogen) atoms. The summed E-state index contributed by atoms with van der Waals surface area (Å²) in [7, 11) is 0. The Morgan fingerprint density at radius 2 is 2.07 bits per heavy atom. The highest BCUT2D eigenvalue weighted by atomic mass is 16.3. The molecule has 1 unspecified atom stereocenters. The van der Waals surface area contributed by atoms with E-state index in [1.165, 1.54) is 5.56 Å². The number of nitrogens with zero attached hydrogens (tertiary/aromatic N) is 5. The van der Waals surface area contributed by atoms with Crippen LogP contribution >= 0.6 is 0 Å². The van der Waals surface area contributed by atoms with Crippen LogP contribution in [0.3, 0.4) is 0 Å². The van der Waals surface area contributed by atoms with Gasteiger partial charge in [0.25, 0.3) is 0 Å². The highest BCUT2D eigenvalue weighted by molar-refractivity contribution is 5.49. The average Bonchev–Trinajstić information content (AvgIpc) is 3.28. The number of aliphatic hydroxyl groups excluding tert-OH is 1. The quantitative estimate of drug-likeness (QED) is 0.700. The Labute approximate surface area is 158 Å². The number of hydrogen-bond acceptors (Lipinski definition) is 6. The van der Waals surface area contributed by atoms with Gasteiger partial charge in [-0.2, -0.15) is 0 Å². The molecule has 7 nitrogen and oxygen atoms in total. The van der Waals surface area contributed by atoms with E-state index in [9.17, 15) is 5.11 Å². The number of hydrogen-bond donors (Lipinski definition) is 2. The predicted octanol–water partition coefficient (Wildman–Crippen LogP) is 2.48. The largest absolute Gasteiger partial charge is 0.396 e. The summed E-state index contributed by atoms with van der Waals surface area (Å²) in [5.41, 5.74) is 2.27. The molecule has 0 bridgehead atoms. The minimum atomic E-state index is 0.238. The van der Waals surface area contributed by atoms with Gasteiger partial charge in [0.1, 0.15) is 18.0 Å². The molecule has 140 valence electrons. The van der Waals surface area contributed by atoms with Gasteiger partial charge in [-0.25, -0.2) is 15.0 Å². The first-order valence-corrected chi connectivity index (χ1v) is 9.31. The molecule has 2 N–H and O–H groups in total. The van der Waals surface area contributed by atoms with Gasteiger partial charge in [0.15, 0.2) is 0 Å². The zero-order valence-electron chi connectivity index (χ0n) is 15.2. The molecular formula is C20H24N6O. The van der Waals surface area contributed by atoms with Crippen LogP contribution in [0.15, 0.2) is 55.4 Å². The van der Waals surface area contributed by atoms with Gasteiger partial charge in [-0.05, 0) is 36.5 Å². The maximum Gasteiger partial charge on any atom is 0.134 e. The third-order valence-electron chi connectivity index (χ3n) is 4.97. The third kappa shape index (κ3) is 4.25.